The Hall–Kier alpha value is -2.01. The van der Waals surface area contributed by atoms with Crippen LogP contribution in [0.5, 0.6) is 0 Å². The van der Waals surface area contributed by atoms with Gasteiger partial charge < -0.3 is 11.1 Å². The van der Waals surface area contributed by atoms with Gasteiger partial charge in [0.05, 0.1) is 16.1 Å². The number of nitrogens with one attached hydrogen (secondary N) is 1. The zero-order chi connectivity index (χ0) is 14.8. The second kappa shape index (κ2) is 5.54. The van der Waals surface area contributed by atoms with E-state index in [1.165, 1.54) is 0 Å². The number of aromatic nitrogens is 1. The third-order valence-electron chi connectivity index (χ3n) is 3.68. The van der Waals surface area contributed by atoms with E-state index >= 15 is 0 Å². The molecule has 0 spiro atoms. The van der Waals surface area contributed by atoms with Crippen molar-refractivity contribution < 1.29 is 4.79 Å². The highest BCUT2D eigenvalue weighted by atomic mass is 32.1. The lowest BCUT2D eigenvalue weighted by Gasteiger charge is -2.25. The number of carbonyl (C=O) groups excluding carboxylic acids is 1. The fourth-order valence-electron chi connectivity index (χ4n) is 1.93. The number of nitrogens with zero attached hydrogens (tertiary/aromatic N) is 1. The molecule has 0 radical (unpaired) electrons. The topological polar surface area (TPSA) is 68.0 Å². The minimum atomic E-state index is -0.848. The van der Waals surface area contributed by atoms with Gasteiger partial charge in [0.15, 0.2) is 0 Å². The van der Waals surface area contributed by atoms with E-state index in [-0.39, 0.29) is 10.9 Å². The first-order chi connectivity index (χ1) is 9.49. The van der Waals surface area contributed by atoms with Gasteiger partial charge in [0, 0.05) is 17.8 Å². The summed E-state index contributed by atoms with van der Waals surface area (Å²) in [7, 11) is 0. The van der Waals surface area contributed by atoms with E-state index in [4.69, 9.17) is 18.0 Å². The summed E-state index contributed by atoms with van der Waals surface area (Å²) in [6, 6.07) is 7.61. The summed E-state index contributed by atoms with van der Waals surface area (Å²) in [5, 5.41) is 4.82. The monoisotopic (exact) mass is 287 g/mol. The normalized spacial score (nSPS) is 13.7. The van der Waals surface area contributed by atoms with E-state index in [2.05, 4.69) is 10.3 Å². The molecule has 1 unspecified atom stereocenters. The number of rotatable bonds is 4. The predicted octanol–water partition coefficient (Wildman–Crippen LogP) is 2.88. The Kier molecular flexibility index (Phi) is 3.99. The maximum absolute atomic E-state index is 12.5. The average molecular weight is 287 g/mol. The van der Waals surface area contributed by atoms with E-state index in [0.29, 0.717) is 6.42 Å². The SMILES string of the molecule is CCC(C)(C(=O)Nc1cccc2ccncc12)C(N)=S. The maximum atomic E-state index is 12.5. The molecule has 2 aromatic rings. The largest absolute Gasteiger partial charge is 0.392 e. The Balaban J connectivity index is 2.38. The van der Waals surface area contributed by atoms with Gasteiger partial charge in [-0.15, -0.1) is 0 Å². The Morgan fingerprint density at radius 3 is 2.85 bits per heavy atom. The highest BCUT2D eigenvalue weighted by molar-refractivity contribution is 7.80. The van der Waals surface area contributed by atoms with Crippen LogP contribution in [0.3, 0.4) is 0 Å². The minimum absolute atomic E-state index is 0.191. The molecule has 1 amide bonds. The van der Waals surface area contributed by atoms with Crippen LogP contribution in [0, 0.1) is 5.41 Å². The van der Waals surface area contributed by atoms with Gasteiger partial charge in [-0.25, -0.2) is 0 Å². The van der Waals surface area contributed by atoms with Gasteiger partial charge in [-0.05, 0) is 30.9 Å². The summed E-state index contributed by atoms with van der Waals surface area (Å²) in [5.74, 6) is -0.191. The standard InChI is InChI=1S/C15H17N3OS/c1-3-15(2,13(16)20)14(19)18-12-6-4-5-10-7-8-17-9-11(10)12/h4-9H,3H2,1-2H3,(H2,16,20)(H,18,19). The van der Waals surface area contributed by atoms with E-state index in [0.717, 1.165) is 16.5 Å². The molecule has 0 aliphatic heterocycles. The second-order valence-corrected chi connectivity index (χ2v) is 5.35. The number of anilines is 1. The van der Waals surface area contributed by atoms with Gasteiger partial charge in [0.1, 0.15) is 0 Å². The third-order valence-corrected chi connectivity index (χ3v) is 4.13. The smallest absolute Gasteiger partial charge is 0.237 e. The van der Waals surface area contributed by atoms with Crippen molar-refractivity contribution in [3.05, 3.63) is 36.7 Å². The van der Waals surface area contributed by atoms with Crippen molar-refractivity contribution in [2.45, 2.75) is 20.3 Å². The van der Waals surface area contributed by atoms with Gasteiger partial charge in [0.2, 0.25) is 5.91 Å². The van der Waals surface area contributed by atoms with E-state index in [9.17, 15) is 4.79 Å². The van der Waals surface area contributed by atoms with Crippen molar-refractivity contribution in [2.24, 2.45) is 11.1 Å². The molecule has 3 N–H and O–H groups in total. The molecule has 4 nitrogen and oxygen atoms in total. The maximum Gasteiger partial charge on any atom is 0.237 e. The summed E-state index contributed by atoms with van der Waals surface area (Å²) >= 11 is 5.02. The quantitative estimate of drug-likeness (QED) is 0.848. The Morgan fingerprint density at radius 1 is 1.45 bits per heavy atom. The lowest BCUT2D eigenvalue weighted by molar-refractivity contribution is -0.121. The number of nitrogens with two attached hydrogens (primary N) is 1. The number of amides is 1. The van der Waals surface area contributed by atoms with Crippen molar-refractivity contribution >= 4 is 39.6 Å². The molecule has 5 heteroatoms. The summed E-state index contributed by atoms with van der Waals surface area (Å²) < 4.78 is 0. The average Bonchev–Trinajstić information content (AvgIpc) is 2.46. The van der Waals surface area contributed by atoms with E-state index in [1.54, 1.807) is 19.3 Å². The molecule has 0 aliphatic rings. The molecule has 20 heavy (non-hydrogen) atoms. The van der Waals surface area contributed by atoms with Crippen molar-refractivity contribution in [3.8, 4) is 0 Å². The molecule has 2 rings (SSSR count). The zero-order valence-corrected chi connectivity index (χ0v) is 12.3. The summed E-state index contributed by atoms with van der Waals surface area (Å²) in [6.07, 6.45) is 4.01. The Bertz CT molecular complexity index is 666. The van der Waals surface area contributed by atoms with Crippen LogP contribution < -0.4 is 11.1 Å². The number of fused-ring (bicyclic) bond motifs is 1. The highest BCUT2D eigenvalue weighted by Crippen LogP contribution is 2.27. The first kappa shape index (κ1) is 14.4. The highest BCUT2D eigenvalue weighted by Gasteiger charge is 2.34. The summed E-state index contributed by atoms with van der Waals surface area (Å²) in [6.45, 7) is 3.65. The number of pyridine rings is 1. The number of hydrogen-bond donors (Lipinski definition) is 2. The van der Waals surface area contributed by atoms with E-state index < -0.39 is 5.41 Å². The number of thiocarbonyl (C=S) groups is 1. The van der Waals surface area contributed by atoms with Crippen LogP contribution in [0.25, 0.3) is 10.8 Å². The number of carbonyl (C=O) groups is 1. The van der Waals surface area contributed by atoms with Gasteiger partial charge in [-0.2, -0.15) is 0 Å². The van der Waals surface area contributed by atoms with Crippen molar-refractivity contribution in [1.29, 1.82) is 0 Å². The van der Waals surface area contributed by atoms with Gasteiger partial charge >= 0.3 is 0 Å². The van der Waals surface area contributed by atoms with Gasteiger partial charge in [0.25, 0.3) is 0 Å². The summed E-state index contributed by atoms with van der Waals surface area (Å²) in [5.41, 5.74) is 5.58. The predicted molar refractivity (Wildman–Crippen MR) is 85.6 cm³/mol. The molecule has 0 bridgehead atoms. The molecule has 0 aliphatic carbocycles. The number of benzene rings is 1. The molecular formula is C15H17N3OS. The summed E-state index contributed by atoms with van der Waals surface area (Å²) in [4.78, 5) is 16.8. The molecular weight excluding hydrogens is 270 g/mol. The Morgan fingerprint density at radius 2 is 2.20 bits per heavy atom. The van der Waals surface area contributed by atoms with Crippen LogP contribution in [0.2, 0.25) is 0 Å². The third kappa shape index (κ3) is 2.49. The molecule has 0 saturated heterocycles. The van der Waals surface area contributed by atoms with Gasteiger partial charge in [-0.3, -0.25) is 9.78 Å². The first-order valence-electron chi connectivity index (χ1n) is 6.43. The van der Waals surface area contributed by atoms with Crippen LogP contribution in [-0.4, -0.2) is 15.9 Å². The lowest BCUT2D eigenvalue weighted by Crippen LogP contribution is -2.43. The van der Waals surface area contributed by atoms with Gasteiger partial charge in [-0.1, -0.05) is 31.3 Å². The fourth-order valence-corrected chi connectivity index (χ4v) is 2.17. The Labute approximate surface area is 123 Å². The van der Waals surface area contributed by atoms with Crippen molar-refractivity contribution in [3.63, 3.8) is 0 Å². The minimum Gasteiger partial charge on any atom is -0.392 e. The molecule has 1 aromatic carbocycles. The van der Waals surface area contributed by atoms with Crippen LogP contribution in [-0.2, 0) is 4.79 Å². The molecule has 1 heterocycles. The van der Waals surface area contributed by atoms with Crippen LogP contribution in [0.15, 0.2) is 36.7 Å². The van der Waals surface area contributed by atoms with E-state index in [1.807, 2.05) is 31.2 Å². The van der Waals surface area contributed by atoms with Crippen LogP contribution >= 0.6 is 12.2 Å². The molecule has 0 fully saturated rings. The number of hydrogen-bond acceptors (Lipinski definition) is 3. The molecule has 104 valence electrons. The van der Waals surface area contributed by atoms with Crippen molar-refractivity contribution in [1.82, 2.24) is 4.98 Å². The molecule has 1 aromatic heterocycles. The lowest BCUT2D eigenvalue weighted by atomic mass is 9.86. The van der Waals surface area contributed by atoms with Crippen LogP contribution in [0.4, 0.5) is 5.69 Å². The molecule has 1 atom stereocenters. The molecule has 0 saturated carbocycles. The first-order valence-corrected chi connectivity index (χ1v) is 6.84. The fraction of sp³-hybridized carbons (Fsp3) is 0.267. The second-order valence-electron chi connectivity index (χ2n) is 4.91. The van der Waals surface area contributed by atoms with Crippen LogP contribution in [0.1, 0.15) is 20.3 Å². The zero-order valence-electron chi connectivity index (χ0n) is 11.5. The van der Waals surface area contributed by atoms with Crippen molar-refractivity contribution in [2.75, 3.05) is 5.32 Å².